The molecule has 288 valence electrons. The Morgan fingerprint density at radius 1 is 0.620 bits per heavy atom. The molecule has 0 aromatic heterocycles. The topological polar surface area (TPSA) is 117 Å². The average Bonchev–Trinajstić information content (AvgIpc) is 3.10. The summed E-state index contributed by atoms with van der Waals surface area (Å²) >= 11 is 0. The molecule has 0 spiro atoms. The van der Waals surface area contributed by atoms with Crippen LogP contribution in [0.25, 0.3) is 0 Å². The lowest BCUT2D eigenvalue weighted by atomic mass is 10.1. The number of unbranched alkanes of at least 4 members (excludes halogenated alkanes) is 11. The number of rotatable bonds is 36. The van der Waals surface area contributed by atoms with Gasteiger partial charge in [0.15, 0.2) is 0 Å². The molecule has 0 radical (unpaired) electrons. The number of hydrogen-bond donors (Lipinski definition) is 2. The number of ether oxygens (including phenoxy) is 2. The predicted octanol–water partition coefficient (Wildman–Crippen LogP) is 11.2. The van der Waals surface area contributed by atoms with E-state index in [2.05, 4.69) is 86.8 Å². The summed E-state index contributed by atoms with van der Waals surface area (Å²) in [7, 11) is -4.29. The molecule has 0 saturated carbocycles. The third kappa shape index (κ3) is 37.2. The number of nitrogens with two attached hydrogens (primary N) is 1. The summed E-state index contributed by atoms with van der Waals surface area (Å²) in [5.74, 6) is -0.378. The van der Waals surface area contributed by atoms with Crippen LogP contribution < -0.4 is 5.73 Å². The van der Waals surface area contributed by atoms with Gasteiger partial charge in [-0.15, -0.1) is 0 Å². The molecule has 0 bridgehead atoms. The van der Waals surface area contributed by atoms with Crippen molar-refractivity contribution in [2.75, 3.05) is 33.0 Å². The quantitative estimate of drug-likeness (QED) is 0.0284. The lowest BCUT2D eigenvalue weighted by Crippen LogP contribution is -2.28. The molecule has 2 atom stereocenters. The van der Waals surface area contributed by atoms with E-state index in [0.717, 1.165) is 70.6 Å². The second kappa shape index (κ2) is 38.2. The zero-order valence-electron chi connectivity index (χ0n) is 31.6. The molecule has 2 unspecified atom stereocenters. The molecular formula is C41H72NO7P. The summed E-state index contributed by atoms with van der Waals surface area (Å²) < 4.78 is 33.3. The first-order valence-electron chi connectivity index (χ1n) is 19.4. The summed E-state index contributed by atoms with van der Waals surface area (Å²) in [5.41, 5.74) is 5.35. The number of carbonyl (C=O) groups is 1. The number of phosphoric acid groups is 1. The number of hydrogen-bond acceptors (Lipinski definition) is 7. The maximum atomic E-state index is 12.5. The van der Waals surface area contributed by atoms with Crippen LogP contribution in [0.1, 0.15) is 142 Å². The van der Waals surface area contributed by atoms with Crippen molar-refractivity contribution in [1.29, 1.82) is 0 Å². The van der Waals surface area contributed by atoms with Gasteiger partial charge in [-0.25, -0.2) is 4.57 Å². The highest BCUT2D eigenvalue weighted by molar-refractivity contribution is 7.47. The van der Waals surface area contributed by atoms with Gasteiger partial charge in [-0.3, -0.25) is 13.8 Å². The van der Waals surface area contributed by atoms with Crippen LogP contribution in [0.15, 0.2) is 72.9 Å². The van der Waals surface area contributed by atoms with Crippen molar-refractivity contribution in [3.8, 4) is 0 Å². The molecule has 0 aliphatic heterocycles. The van der Waals surface area contributed by atoms with Gasteiger partial charge in [0.1, 0.15) is 6.10 Å². The molecule has 0 aliphatic carbocycles. The van der Waals surface area contributed by atoms with Crippen molar-refractivity contribution in [3.05, 3.63) is 72.9 Å². The number of esters is 1. The van der Waals surface area contributed by atoms with Crippen molar-refractivity contribution in [2.24, 2.45) is 5.73 Å². The van der Waals surface area contributed by atoms with Crippen LogP contribution in [-0.2, 0) is 27.9 Å². The van der Waals surface area contributed by atoms with E-state index in [1.165, 1.54) is 44.9 Å². The van der Waals surface area contributed by atoms with Crippen LogP contribution >= 0.6 is 7.82 Å². The van der Waals surface area contributed by atoms with Gasteiger partial charge in [-0.2, -0.15) is 0 Å². The normalized spacial score (nSPS) is 14.4. The van der Waals surface area contributed by atoms with Crippen LogP contribution in [0.2, 0.25) is 0 Å². The standard InChI is InChI=1S/C41H72NO7P/c1-3-5-7-9-11-13-15-17-19-21-23-25-27-29-31-33-36-46-38-40(39-48-50(44,45)47-37-35-42)49-41(43)34-32-30-28-26-24-22-20-18-16-14-12-10-8-6-4-2/h6,8,11-14,17-20,24,26,40H,3-5,7,9-10,15-16,21-23,25,27-39,42H2,1-2H3,(H,44,45)/b8-6-,13-11-,14-12-,19-17-,20-18-,26-24-. The molecule has 3 N–H and O–H groups in total. The molecule has 0 heterocycles. The molecule has 0 aromatic rings. The highest BCUT2D eigenvalue weighted by Crippen LogP contribution is 2.43. The molecule has 0 amide bonds. The highest BCUT2D eigenvalue weighted by atomic mass is 31.2. The number of allylic oxidation sites excluding steroid dienone is 12. The summed E-state index contributed by atoms with van der Waals surface area (Å²) in [5, 5.41) is 0. The molecule has 0 fully saturated rings. The van der Waals surface area contributed by atoms with Crippen LogP contribution in [0.5, 0.6) is 0 Å². The molecule has 0 rings (SSSR count). The van der Waals surface area contributed by atoms with Crippen LogP contribution in [-0.4, -0.2) is 49.9 Å². The number of carbonyl (C=O) groups excluding carboxylic acids is 1. The van der Waals surface area contributed by atoms with Gasteiger partial charge in [0.25, 0.3) is 0 Å². The smallest absolute Gasteiger partial charge is 0.457 e. The largest absolute Gasteiger partial charge is 0.472 e. The number of phosphoric ester groups is 1. The van der Waals surface area contributed by atoms with E-state index in [1.807, 2.05) is 0 Å². The second-order valence-electron chi connectivity index (χ2n) is 12.4. The third-order valence-electron chi connectivity index (χ3n) is 7.61. The summed E-state index contributed by atoms with van der Waals surface area (Å²) in [6, 6.07) is 0. The van der Waals surface area contributed by atoms with Gasteiger partial charge in [-0.05, 0) is 83.5 Å². The fourth-order valence-corrected chi connectivity index (χ4v) is 5.55. The fraction of sp³-hybridized carbons (Fsp3) is 0.683. The van der Waals surface area contributed by atoms with E-state index in [0.29, 0.717) is 13.0 Å². The van der Waals surface area contributed by atoms with Crippen molar-refractivity contribution in [2.45, 2.75) is 148 Å². The van der Waals surface area contributed by atoms with Gasteiger partial charge in [-0.1, -0.05) is 125 Å². The first kappa shape index (κ1) is 47.9. The highest BCUT2D eigenvalue weighted by Gasteiger charge is 2.25. The Morgan fingerprint density at radius 3 is 1.68 bits per heavy atom. The minimum atomic E-state index is -4.29. The first-order valence-corrected chi connectivity index (χ1v) is 20.9. The van der Waals surface area contributed by atoms with E-state index in [-0.39, 0.29) is 38.8 Å². The Hall–Kier alpha value is -2.06. The molecular weight excluding hydrogens is 649 g/mol. The Balaban J connectivity index is 4.20. The second-order valence-corrected chi connectivity index (χ2v) is 13.9. The lowest BCUT2D eigenvalue weighted by molar-refractivity contribution is -0.154. The van der Waals surface area contributed by atoms with E-state index in [9.17, 15) is 14.3 Å². The molecule has 0 aliphatic rings. The minimum absolute atomic E-state index is 0.0878. The Morgan fingerprint density at radius 2 is 1.12 bits per heavy atom. The third-order valence-corrected chi connectivity index (χ3v) is 8.59. The van der Waals surface area contributed by atoms with Crippen molar-refractivity contribution in [3.63, 3.8) is 0 Å². The molecule has 8 nitrogen and oxygen atoms in total. The summed E-state index contributed by atoms with van der Waals surface area (Å²) in [6.45, 7) is 4.67. The zero-order valence-corrected chi connectivity index (χ0v) is 32.5. The van der Waals surface area contributed by atoms with Gasteiger partial charge in [0.2, 0.25) is 0 Å². The maximum absolute atomic E-state index is 12.5. The van der Waals surface area contributed by atoms with E-state index >= 15 is 0 Å². The van der Waals surface area contributed by atoms with E-state index in [4.69, 9.17) is 24.3 Å². The monoisotopic (exact) mass is 722 g/mol. The average molecular weight is 722 g/mol. The minimum Gasteiger partial charge on any atom is -0.457 e. The van der Waals surface area contributed by atoms with Gasteiger partial charge in [0.05, 0.1) is 19.8 Å². The zero-order chi connectivity index (χ0) is 36.6. The van der Waals surface area contributed by atoms with Crippen LogP contribution in [0.3, 0.4) is 0 Å². The SMILES string of the molecule is CC/C=C\C/C=C\C/C=C\C/C=C\CCCCC(=O)OC(COCCCCCCCC/C=C\C/C=C\CCCCC)COP(=O)(O)OCCN. The van der Waals surface area contributed by atoms with Gasteiger partial charge >= 0.3 is 13.8 Å². The molecule has 9 heteroatoms. The van der Waals surface area contributed by atoms with Crippen LogP contribution in [0.4, 0.5) is 0 Å². The maximum Gasteiger partial charge on any atom is 0.472 e. The van der Waals surface area contributed by atoms with Gasteiger partial charge < -0.3 is 20.1 Å². The Bertz CT molecular complexity index is 989. The van der Waals surface area contributed by atoms with Crippen LogP contribution in [0, 0.1) is 0 Å². The molecule has 50 heavy (non-hydrogen) atoms. The Kier molecular flexibility index (Phi) is 36.6. The van der Waals surface area contributed by atoms with Crippen molar-refractivity contribution < 1.29 is 32.8 Å². The van der Waals surface area contributed by atoms with E-state index < -0.39 is 13.9 Å². The molecule has 0 aromatic carbocycles. The molecule has 0 saturated heterocycles. The Labute approximate surface area is 305 Å². The predicted molar refractivity (Wildman–Crippen MR) is 210 cm³/mol. The van der Waals surface area contributed by atoms with E-state index in [1.54, 1.807) is 0 Å². The fourth-order valence-electron chi connectivity index (χ4n) is 4.78. The first-order chi connectivity index (χ1) is 24.4. The van der Waals surface area contributed by atoms with Gasteiger partial charge in [0, 0.05) is 19.6 Å². The lowest BCUT2D eigenvalue weighted by Gasteiger charge is -2.20. The summed E-state index contributed by atoms with van der Waals surface area (Å²) in [4.78, 5) is 22.4. The summed E-state index contributed by atoms with van der Waals surface area (Å²) in [6.07, 6.45) is 46.3. The van der Waals surface area contributed by atoms with Crippen molar-refractivity contribution in [1.82, 2.24) is 0 Å². The van der Waals surface area contributed by atoms with Crippen molar-refractivity contribution >= 4 is 13.8 Å².